The molecule has 1 aromatic rings. The van der Waals surface area contributed by atoms with Crippen LogP contribution in [0.4, 0.5) is 5.95 Å². The maximum absolute atomic E-state index is 11.2. The zero-order valence-corrected chi connectivity index (χ0v) is 8.74. The lowest BCUT2D eigenvalue weighted by Crippen LogP contribution is -2.16. The number of esters is 1. The minimum absolute atomic E-state index is 0.281. The van der Waals surface area contributed by atoms with Gasteiger partial charge in [-0.15, -0.1) is 0 Å². The molecule has 0 aliphatic carbocycles. The van der Waals surface area contributed by atoms with Gasteiger partial charge in [0.2, 0.25) is 5.95 Å². The standard InChI is InChI=1S/C9H13N3O2/c1-6-5-7(8(13)14-4)11-9(10-6)12(2)3/h5H,1-4H3. The maximum atomic E-state index is 11.2. The molecule has 0 aliphatic heterocycles. The highest BCUT2D eigenvalue weighted by Crippen LogP contribution is 2.07. The highest BCUT2D eigenvalue weighted by molar-refractivity contribution is 5.87. The van der Waals surface area contributed by atoms with Crippen LogP contribution in [0.15, 0.2) is 6.07 Å². The Balaban J connectivity index is 3.13. The summed E-state index contributed by atoms with van der Waals surface area (Å²) < 4.78 is 4.58. The Bertz CT molecular complexity index is 350. The van der Waals surface area contributed by atoms with Gasteiger partial charge in [0.1, 0.15) is 0 Å². The van der Waals surface area contributed by atoms with Gasteiger partial charge in [-0.2, -0.15) is 0 Å². The number of hydrogen-bond donors (Lipinski definition) is 0. The third-order valence-electron chi connectivity index (χ3n) is 1.64. The lowest BCUT2D eigenvalue weighted by atomic mass is 10.3. The summed E-state index contributed by atoms with van der Waals surface area (Å²) in [6.07, 6.45) is 0. The summed E-state index contributed by atoms with van der Waals surface area (Å²) in [5.41, 5.74) is 1.02. The predicted octanol–water partition coefficient (Wildman–Crippen LogP) is 0.638. The average molecular weight is 195 g/mol. The van der Waals surface area contributed by atoms with Crippen LogP contribution in [0, 0.1) is 6.92 Å². The SMILES string of the molecule is COC(=O)c1cc(C)nc(N(C)C)n1. The third-order valence-corrected chi connectivity index (χ3v) is 1.64. The van der Waals surface area contributed by atoms with Crippen LogP contribution >= 0.6 is 0 Å². The molecule has 5 heteroatoms. The quantitative estimate of drug-likeness (QED) is 0.648. The van der Waals surface area contributed by atoms with E-state index < -0.39 is 5.97 Å². The van der Waals surface area contributed by atoms with Crippen molar-refractivity contribution in [2.45, 2.75) is 6.92 Å². The fourth-order valence-electron chi connectivity index (χ4n) is 0.962. The number of nitrogens with zero attached hydrogens (tertiary/aromatic N) is 3. The monoisotopic (exact) mass is 195 g/mol. The van der Waals surface area contributed by atoms with Crippen LogP contribution < -0.4 is 4.90 Å². The first kappa shape index (κ1) is 10.4. The van der Waals surface area contributed by atoms with Crippen LogP contribution in [0.25, 0.3) is 0 Å². The first-order valence-electron chi connectivity index (χ1n) is 4.16. The van der Waals surface area contributed by atoms with Crippen LogP contribution in [-0.2, 0) is 4.74 Å². The fourth-order valence-corrected chi connectivity index (χ4v) is 0.962. The maximum Gasteiger partial charge on any atom is 0.356 e. The van der Waals surface area contributed by atoms with Crippen molar-refractivity contribution in [1.82, 2.24) is 9.97 Å². The molecule has 5 nitrogen and oxygen atoms in total. The molecule has 0 fully saturated rings. The summed E-state index contributed by atoms with van der Waals surface area (Å²) in [5.74, 6) is 0.0593. The first-order chi connectivity index (χ1) is 6.54. The van der Waals surface area contributed by atoms with Gasteiger partial charge in [-0.05, 0) is 13.0 Å². The van der Waals surface area contributed by atoms with Gasteiger partial charge >= 0.3 is 5.97 Å². The van der Waals surface area contributed by atoms with Gasteiger partial charge in [0.15, 0.2) is 5.69 Å². The van der Waals surface area contributed by atoms with Gasteiger partial charge in [-0.1, -0.05) is 0 Å². The van der Waals surface area contributed by atoms with Crippen molar-refractivity contribution in [3.63, 3.8) is 0 Å². The van der Waals surface area contributed by atoms with E-state index >= 15 is 0 Å². The molecule has 0 N–H and O–H groups in total. The lowest BCUT2D eigenvalue weighted by molar-refractivity contribution is 0.0594. The molecule has 1 heterocycles. The van der Waals surface area contributed by atoms with Crippen molar-refractivity contribution in [2.75, 3.05) is 26.1 Å². The molecule has 0 amide bonds. The zero-order chi connectivity index (χ0) is 10.7. The number of aryl methyl sites for hydroxylation is 1. The van der Waals surface area contributed by atoms with Crippen LogP contribution in [0.2, 0.25) is 0 Å². The molecule has 0 saturated heterocycles. The van der Waals surface area contributed by atoms with E-state index in [4.69, 9.17) is 0 Å². The van der Waals surface area contributed by atoms with Gasteiger partial charge in [0.25, 0.3) is 0 Å². The van der Waals surface area contributed by atoms with Crippen molar-refractivity contribution in [2.24, 2.45) is 0 Å². The molecule has 0 aliphatic rings. The van der Waals surface area contributed by atoms with E-state index in [-0.39, 0.29) is 5.69 Å². The lowest BCUT2D eigenvalue weighted by Gasteiger charge is -2.11. The minimum Gasteiger partial charge on any atom is -0.464 e. The topological polar surface area (TPSA) is 55.3 Å². The van der Waals surface area contributed by atoms with Crippen molar-refractivity contribution in [3.8, 4) is 0 Å². The third kappa shape index (κ3) is 2.18. The smallest absolute Gasteiger partial charge is 0.356 e. The summed E-state index contributed by atoms with van der Waals surface area (Å²) in [7, 11) is 4.96. The van der Waals surface area contributed by atoms with E-state index in [9.17, 15) is 4.79 Å². The molecule has 1 rings (SSSR count). The predicted molar refractivity (Wildman–Crippen MR) is 52.4 cm³/mol. The number of aromatic nitrogens is 2. The normalized spacial score (nSPS) is 9.71. The zero-order valence-electron chi connectivity index (χ0n) is 8.74. The number of carbonyl (C=O) groups excluding carboxylic acids is 1. The summed E-state index contributed by atoms with van der Waals surface area (Å²) in [5, 5.41) is 0. The number of ether oxygens (including phenoxy) is 1. The van der Waals surface area contributed by atoms with Gasteiger partial charge < -0.3 is 9.64 Å². The van der Waals surface area contributed by atoms with Gasteiger partial charge in [0, 0.05) is 19.8 Å². The highest BCUT2D eigenvalue weighted by atomic mass is 16.5. The average Bonchev–Trinajstić information content (AvgIpc) is 2.15. The molecule has 0 atom stereocenters. The first-order valence-corrected chi connectivity index (χ1v) is 4.16. The molecule has 14 heavy (non-hydrogen) atoms. The number of carbonyl (C=O) groups is 1. The molecular weight excluding hydrogens is 182 g/mol. The van der Waals surface area contributed by atoms with Gasteiger partial charge in [0.05, 0.1) is 7.11 Å². The summed E-state index contributed by atoms with van der Waals surface area (Å²) in [4.78, 5) is 21.1. The number of rotatable bonds is 2. The summed E-state index contributed by atoms with van der Waals surface area (Å²) in [6.45, 7) is 1.81. The van der Waals surface area contributed by atoms with Gasteiger partial charge in [-0.25, -0.2) is 14.8 Å². The Morgan fingerprint density at radius 3 is 2.57 bits per heavy atom. The van der Waals surface area contributed by atoms with E-state index in [0.29, 0.717) is 5.95 Å². The van der Waals surface area contributed by atoms with Crippen molar-refractivity contribution >= 4 is 11.9 Å². The van der Waals surface area contributed by atoms with E-state index in [1.54, 1.807) is 17.9 Å². The molecule has 76 valence electrons. The fraction of sp³-hybridized carbons (Fsp3) is 0.444. The van der Waals surface area contributed by atoms with E-state index in [1.807, 2.05) is 14.1 Å². The second-order valence-electron chi connectivity index (χ2n) is 3.08. The van der Waals surface area contributed by atoms with Crippen LogP contribution in [0.5, 0.6) is 0 Å². The van der Waals surface area contributed by atoms with Crippen molar-refractivity contribution < 1.29 is 9.53 Å². The van der Waals surface area contributed by atoms with Crippen LogP contribution in [0.3, 0.4) is 0 Å². The largest absolute Gasteiger partial charge is 0.464 e. The molecule has 1 aromatic heterocycles. The van der Waals surface area contributed by atoms with E-state index in [0.717, 1.165) is 5.69 Å². The molecule has 0 spiro atoms. The Hall–Kier alpha value is -1.65. The number of hydrogen-bond acceptors (Lipinski definition) is 5. The van der Waals surface area contributed by atoms with Crippen molar-refractivity contribution in [3.05, 3.63) is 17.5 Å². The molecule has 0 radical (unpaired) electrons. The molecule has 0 saturated carbocycles. The summed E-state index contributed by atoms with van der Waals surface area (Å²) in [6, 6.07) is 1.60. The minimum atomic E-state index is -0.446. The molecule has 0 aromatic carbocycles. The second-order valence-corrected chi connectivity index (χ2v) is 3.08. The summed E-state index contributed by atoms with van der Waals surface area (Å²) >= 11 is 0. The number of methoxy groups -OCH3 is 1. The Labute approximate surface area is 82.7 Å². The van der Waals surface area contributed by atoms with Crippen LogP contribution in [-0.4, -0.2) is 37.1 Å². The highest BCUT2D eigenvalue weighted by Gasteiger charge is 2.10. The molecule has 0 unspecified atom stereocenters. The van der Waals surface area contributed by atoms with E-state index in [1.165, 1.54) is 7.11 Å². The molecule has 0 bridgehead atoms. The van der Waals surface area contributed by atoms with E-state index in [2.05, 4.69) is 14.7 Å². The van der Waals surface area contributed by atoms with Crippen molar-refractivity contribution in [1.29, 1.82) is 0 Å². The van der Waals surface area contributed by atoms with Gasteiger partial charge in [-0.3, -0.25) is 0 Å². The Morgan fingerprint density at radius 1 is 1.43 bits per heavy atom. The van der Waals surface area contributed by atoms with Crippen LogP contribution in [0.1, 0.15) is 16.2 Å². The Morgan fingerprint density at radius 2 is 2.07 bits per heavy atom. The second kappa shape index (κ2) is 4.04. The number of anilines is 1. The molecular formula is C9H13N3O2. The Kier molecular flexibility index (Phi) is 3.01.